The number of amides is 1. The Kier molecular flexibility index (Phi) is 16.0. The van der Waals surface area contributed by atoms with Crippen LogP contribution in [0.5, 0.6) is 0 Å². The molecule has 0 bridgehead atoms. The lowest BCUT2D eigenvalue weighted by Crippen LogP contribution is -2.39. The molecule has 0 radical (unpaired) electrons. The second-order valence-corrected chi connectivity index (χ2v) is 7.03. The molecule has 0 heterocycles. The van der Waals surface area contributed by atoms with Gasteiger partial charge in [-0.05, 0) is 45.0 Å². The van der Waals surface area contributed by atoms with Crippen LogP contribution in [0.4, 0.5) is 5.69 Å². The number of rotatable bonds is 12. The summed E-state index contributed by atoms with van der Waals surface area (Å²) in [5.41, 5.74) is 1.69. The molecular weight excluding hydrogens is 505 g/mol. The van der Waals surface area contributed by atoms with Crippen molar-refractivity contribution in [1.82, 2.24) is 15.5 Å². The summed E-state index contributed by atoms with van der Waals surface area (Å²) in [6, 6.07) is 5.57. The number of ether oxygens (including phenoxy) is 1. The number of benzene rings is 1. The Balaban J connectivity index is 0.00000784. The summed E-state index contributed by atoms with van der Waals surface area (Å²) in [6.45, 7) is 8.53. The first-order valence-corrected chi connectivity index (χ1v) is 10.1. The maximum Gasteiger partial charge on any atom is 0.226 e. The standard InChI is InChI=1S/C20H34ClN5O2.HI/c1-5-22-20(24-11-13-26(3)12-6-14-28-4)23-10-9-19(27)25-18-8-7-16(2)15-17(18)21;/h7-8,15H,5-6,9-14H2,1-4H3,(H,25,27)(H2,22,23,24);1H. The number of anilines is 1. The molecule has 0 unspecified atom stereocenters. The van der Waals surface area contributed by atoms with E-state index >= 15 is 0 Å². The molecule has 0 saturated carbocycles. The second-order valence-electron chi connectivity index (χ2n) is 6.62. The molecule has 0 fully saturated rings. The molecule has 0 aliphatic rings. The number of nitrogens with zero attached hydrogens (tertiary/aromatic N) is 2. The Morgan fingerprint density at radius 3 is 2.69 bits per heavy atom. The van der Waals surface area contributed by atoms with Gasteiger partial charge in [-0.3, -0.25) is 9.79 Å². The number of aryl methyl sites for hydroxylation is 1. The largest absolute Gasteiger partial charge is 0.385 e. The average molecular weight is 540 g/mol. The first kappa shape index (κ1) is 27.9. The Morgan fingerprint density at radius 1 is 1.28 bits per heavy atom. The van der Waals surface area contributed by atoms with E-state index in [1.54, 1.807) is 7.11 Å². The molecule has 0 saturated heterocycles. The Hall–Kier alpha value is -1.10. The van der Waals surface area contributed by atoms with Crippen LogP contribution < -0.4 is 16.0 Å². The van der Waals surface area contributed by atoms with Gasteiger partial charge in [0.15, 0.2) is 5.96 Å². The van der Waals surface area contributed by atoms with Crippen LogP contribution in [-0.4, -0.2) is 70.3 Å². The predicted molar refractivity (Wildman–Crippen MR) is 133 cm³/mol. The zero-order valence-corrected chi connectivity index (χ0v) is 21.0. The number of halogens is 2. The number of carbonyl (C=O) groups excluding carboxylic acids is 1. The van der Waals surface area contributed by atoms with E-state index in [4.69, 9.17) is 16.3 Å². The molecule has 0 aliphatic heterocycles. The summed E-state index contributed by atoms with van der Waals surface area (Å²) in [6.07, 6.45) is 1.33. The van der Waals surface area contributed by atoms with Crippen LogP contribution in [0.15, 0.2) is 23.2 Å². The summed E-state index contributed by atoms with van der Waals surface area (Å²) < 4.78 is 5.07. The molecule has 3 N–H and O–H groups in total. The van der Waals surface area contributed by atoms with Crippen LogP contribution in [0.3, 0.4) is 0 Å². The molecule has 1 aromatic carbocycles. The predicted octanol–water partition coefficient (Wildman–Crippen LogP) is 3.12. The van der Waals surface area contributed by atoms with Crippen LogP contribution in [0.1, 0.15) is 25.3 Å². The van der Waals surface area contributed by atoms with Crippen molar-refractivity contribution >= 4 is 53.1 Å². The molecule has 0 atom stereocenters. The van der Waals surface area contributed by atoms with Crippen molar-refractivity contribution in [3.8, 4) is 0 Å². The molecule has 0 aliphatic carbocycles. The minimum absolute atomic E-state index is 0. The van der Waals surface area contributed by atoms with Crippen LogP contribution in [-0.2, 0) is 9.53 Å². The number of nitrogens with one attached hydrogen (secondary N) is 3. The number of aliphatic imine (C=N–C) groups is 1. The summed E-state index contributed by atoms with van der Waals surface area (Å²) in [5.74, 6) is 0.626. The third-order valence-electron chi connectivity index (χ3n) is 4.03. The molecule has 166 valence electrons. The van der Waals surface area contributed by atoms with Gasteiger partial charge in [-0.25, -0.2) is 0 Å². The molecule has 9 heteroatoms. The Labute approximate surface area is 197 Å². The summed E-state index contributed by atoms with van der Waals surface area (Å²) in [4.78, 5) is 18.9. The minimum atomic E-state index is -0.0908. The fourth-order valence-electron chi connectivity index (χ4n) is 2.49. The molecule has 1 amide bonds. The van der Waals surface area contributed by atoms with Gasteiger partial charge in [-0.1, -0.05) is 17.7 Å². The minimum Gasteiger partial charge on any atom is -0.385 e. The maximum absolute atomic E-state index is 12.1. The van der Waals surface area contributed by atoms with Crippen LogP contribution >= 0.6 is 35.6 Å². The van der Waals surface area contributed by atoms with E-state index in [0.717, 1.165) is 38.2 Å². The van der Waals surface area contributed by atoms with Crippen molar-refractivity contribution in [3.63, 3.8) is 0 Å². The smallest absolute Gasteiger partial charge is 0.226 e. The first-order chi connectivity index (χ1) is 13.5. The van der Waals surface area contributed by atoms with E-state index < -0.39 is 0 Å². The quantitative estimate of drug-likeness (QED) is 0.165. The highest BCUT2D eigenvalue weighted by molar-refractivity contribution is 14.0. The summed E-state index contributed by atoms with van der Waals surface area (Å²) >= 11 is 6.15. The van der Waals surface area contributed by atoms with E-state index in [0.29, 0.717) is 36.2 Å². The van der Waals surface area contributed by atoms with Crippen molar-refractivity contribution in [2.45, 2.75) is 26.7 Å². The van der Waals surface area contributed by atoms with E-state index in [1.807, 2.05) is 32.0 Å². The molecular formula is C20H35ClIN5O2. The molecule has 7 nitrogen and oxygen atoms in total. The fourth-order valence-corrected chi connectivity index (χ4v) is 2.78. The molecule has 1 aromatic rings. The first-order valence-electron chi connectivity index (χ1n) is 9.72. The Bertz CT molecular complexity index is 631. The highest BCUT2D eigenvalue weighted by atomic mass is 127. The number of guanidine groups is 1. The van der Waals surface area contributed by atoms with Crippen LogP contribution in [0, 0.1) is 6.92 Å². The lowest BCUT2D eigenvalue weighted by molar-refractivity contribution is -0.116. The highest BCUT2D eigenvalue weighted by Crippen LogP contribution is 2.22. The van der Waals surface area contributed by atoms with Gasteiger partial charge in [0.1, 0.15) is 0 Å². The van der Waals surface area contributed by atoms with Gasteiger partial charge in [0.25, 0.3) is 0 Å². The van der Waals surface area contributed by atoms with Crippen molar-refractivity contribution in [2.75, 3.05) is 58.8 Å². The van der Waals surface area contributed by atoms with Gasteiger partial charge < -0.3 is 25.6 Å². The van der Waals surface area contributed by atoms with Gasteiger partial charge >= 0.3 is 0 Å². The van der Waals surface area contributed by atoms with Crippen molar-refractivity contribution in [2.24, 2.45) is 4.99 Å². The van der Waals surface area contributed by atoms with Gasteiger partial charge in [-0.15, -0.1) is 24.0 Å². The number of carbonyl (C=O) groups is 1. The van der Waals surface area contributed by atoms with Crippen molar-refractivity contribution in [3.05, 3.63) is 28.8 Å². The van der Waals surface area contributed by atoms with E-state index in [-0.39, 0.29) is 29.9 Å². The summed E-state index contributed by atoms with van der Waals surface area (Å²) in [5, 5.41) is 9.77. The summed E-state index contributed by atoms with van der Waals surface area (Å²) in [7, 11) is 3.79. The highest BCUT2D eigenvalue weighted by Gasteiger charge is 2.07. The van der Waals surface area contributed by atoms with E-state index in [2.05, 4.69) is 32.9 Å². The third kappa shape index (κ3) is 12.9. The van der Waals surface area contributed by atoms with Crippen molar-refractivity contribution < 1.29 is 9.53 Å². The van der Waals surface area contributed by atoms with Gasteiger partial charge in [0, 0.05) is 46.3 Å². The normalized spacial score (nSPS) is 11.2. The topological polar surface area (TPSA) is 78.0 Å². The lowest BCUT2D eigenvalue weighted by Gasteiger charge is -2.16. The zero-order valence-electron chi connectivity index (χ0n) is 17.9. The SMILES string of the molecule is CCNC(=NCCN(C)CCCOC)NCCC(=O)Nc1ccc(C)cc1Cl.I. The van der Waals surface area contributed by atoms with Crippen LogP contribution in [0.25, 0.3) is 0 Å². The number of likely N-dealkylation sites (N-methyl/N-ethyl adjacent to an activating group) is 1. The fraction of sp³-hybridized carbons (Fsp3) is 0.600. The van der Waals surface area contributed by atoms with E-state index in [9.17, 15) is 4.79 Å². The van der Waals surface area contributed by atoms with Crippen LogP contribution in [0.2, 0.25) is 5.02 Å². The maximum atomic E-state index is 12.1. The monoisotopic (exact) mass is 539 g/mol. The lowest BCUT2D eigenvalue weighted by atomic mass is 10.2. The Morgan fingerprint density at radius 2 is 2.03 bits per heavy atom. The van der Waals surface area contributed by atoms with Crippen molar-refractivity contribution in [1.29, 1.82) is 0 Å². The number of hydrogen-bond donors (Lipinski definition) is 3. The average Bonchev–Trinajstić information content (AvgIpc) is 2.64. The molecule has 0 spiro atoms. The van der Waals surface area contributed by atoms with E-state index in [1.165, 1.54) is 0 Å². The molecule has 1 rings (SSSR count). The zero-order chi connectivity index (χ0) is 20.8. The van der Waals surface area contributed by atoms with Gasteiger partial charge in [0.05, 0.1) is 17.3 Å². The number of methoxy groups -OCH3 is 1. The number of hydrogen-bond acceptors (Lipinski definition) is 4. The molecule has 0 aromatic heterocycles. The second kappa shape index (κ2) is 16.7. The third-order valence-corrected chi connectivity index (χ3v) is 4.34. The van der Waals surface area contributed by atoms with Gasteiger partial charge in [0.2, 0.25) is 5.91 Å². The van der Waals surface area contributed by atoms with Gasteiger partial charge in [-0.2, -0.15) is 0 Å². The molecule has 29 heavy (non-hydrogen) atoms.